The second-order valence-corrected chi connectivity index (χ2v) is 5.13. The minimum Gasteiger partial charge on any atom is -0.371 e. The smallest absolute Gasteiger partial charge is 0.0397 e. The van der Waals surface area contributed by atoms with Crippen LogP contribution in [0.15, 0.2) is 24.5 Å². The van der Waals surface area contributed by atoms with E-state index in [-0.39, 0.29) is 24.8 Å². The van der Waals surface area contributed by atoms with E-state index in [1.165, 1.54) is 51.1 Å². The van der Waals surface area contributed by atoms with Gasteiger partial charge in [-0.1, -0.05) is 0 Å². The van der Waals surface area contributed by atoms with E-state index in [4.69, 9.17) is 0 Å². The highest BCUT2D eigenvalue weighted by molar-refractivity contribution is 5.85. The lowest BCUT2D eigenvalue weighted by Crippen LogP contribution is -2.38. The van der Waals surface area contributed by atoms with Crippen LogP contribution in [-0.2, 0) is 0 Å². The molecule has 3 rings (SSSR count). The number of hydrogen-bond acceptors (Lipinski definition) is 3. The van der Waals surface area contributed by atoms with Gasteiger partial charge in [-0.3, -0.25) is 4.98 Å². The van der Waals surface area contributed by atoms with Gasteiger partial charge >= 0.3 is 0 Å². The molecule has 3 nitrogen and oxygen atoms in total. The molecule has 1 N–H and O–H groups in total. The SMILES string of the molecule is Cl.Cl.c1cc(N2CCC3(CCNCC3)C2)ccn1. The number of rotatable bonds is 1. The van der Waals surface area contributed by atoms with E-state index in [0.717, 1.165) is 0 Å². The van der Waals surface area contributed by atoms with E-state index in [2.05, 4.69) is 27.3 Å². The standard InChI is InChI=1S/C13H19N3.2ClH/c1-6-14-7-2-12(1)16-10-5-13(11-16)3-8-15-9-4-13;;/h1-2,6-7,15H,3-5,8-11H2;2*1H. The first-order chi connectivity index (χ1) is 7.88. The Labute approximate surface area is 121 Å². The maximum absolute atomic E-state index is 4.08. The van der Waals surface area contributed by atoms with Crippen LogP contribution in [0.1, 0.15) is 19.3 Å². The fraction of sp³-hybridized carbons (Fsp3) is 0.615. The zero-order chi connectivity index (χ0) is 10.8. The van der Waals surface area contributed by atoms with Crippen molar-refractivity contribution in [2.75, 3.05) is 31.1 Å². The molecule has 2 aliphatic heterocycles. The third kappa shape index (κ3) is 3.08. The van der Waals surface area contributed by atoms with Gasteiger partial charge in [-0.15, -0.1) is 24.8 Å². The minimum absolute atomic E-state index is 0. The Bertz CT molecular complexity index is 353. The van der Waals surface area contributed by atoms with Crippen molar-refractivity contribution in [3.8, 4) is 0 Å². The predicted octanol–water partition coefficient (Wildman–Crippen LogP) is 2.51. The van der Waals surface area contributed by atoms with Crippen molar-refractivity contribution in [1.82, 2.24) is 10.3 Å². The van der Waals surface area contributed by atoms with Gasteiger partial charge in [0, 0.05) is 31.2 Å². The summed E-state index contributed by atoms with van der Waals surface area (Å²) in [4.78, 5) is 6.60. The van der Waals surface area contributed by atoms with Crippen LogP contribution in [0.25, 0.3) is 0 Å². The van der Waals surface area contributed by atoms with Gasteiger partial charge < -0.3 is 10.2 Å². The Morgan fingerprint density at radius 3 is 2.39 bits per heavy atom. The van der Waals surface area contributed by atoms with E-state index < -0.39 is 0 Å². The molecule has 1 spiro atoms. The molecule has 0 amide bonds. The van der Waals surface area contributed by atoms with Gasteiger partial charge in [0.25, 0.3) is 0 Å². The molecule has 0 radical (unpaired) electrons. The highest BCUT2D eigenvalue weighted by Crippen LogP contribution is 2.40. The predicted molar refractivity (Wildman–Crippen MR) is 80.1 cm³/mol. The molecular formula is C13H21Cl2N3. The van der Waals surface area contributed by atoms with Gasteiger partial charge in [-0.25, -0.2) is 0 Å². The van der Waals surface area contributed by atoms with Crippen molar-refractivity contribution in [2.45, 2.75) is 19.3 Å². The highest BCUT2D eigenvalue weighted by atomic mass is 35.5. The van der Waals surface area contributed by atoms with Gasteiger partial charge in [-0.05, 0) is 49.9 Å². The fourth-order valence-corrected chi connectivity index (χ4v) is 3.08. The van der Waals surface area contributed by atoms with Crippen LogP contribution in [0.4, 0.5) is 5.69 Å². The Morgan fingerprint density at radius 2 is 1.72 bits per heavy atom. The summed E-state index contributed by atoms with van der Waals surface area (Å²) in [5, 5.41) is 3.46. The average molecular weight is 290 g/mol. The van der Waals surface area contributed by atoms with Crippen molar-refractivity contribution in [3.63, 3.8) is 0 Å². The quantitative estimate of drug-likeness (QED) is 0.861. The van der Waals surface area contributed by atoms with Gasteiger partial charge in [0.05, 0.1) is 0 Å². The molecule has 0 unspecified atom stereocenters. The number of piperidine rings is 1. The first kappa shape index (κ1) is 15.5. The molecule has 1 aromatic rings. The molecule has 2 aliphatic rings. The van der Waals surface area contributed by atoms with Crippen LogP contribution in [0, 0.1) is 5.41 Å². The lowest BCUT2D eigenvalue weighted by molar-refractivity contribution is 0.232. The number of hydrogen-bond donors (Lipinski definition) is 1. The summed E-state index contributed by atoms with van der Waals surface area (Å²) in [5.74, 6) is 0. The maximum atomic E-state index is 4.08. The Kier molecular flexibility index (Phi) is 5.70. The van der Waals surface area contributed by atoms with Crippen molar-refractivity contribution in [3.05, 3.63) is 24.5 Å². The summed E-state index contributed by atoms with van der Waals surface area (Å²) in [7, 11) is 0. The third-order valence-corrected chi connectivity index (χ3v) is 4.13. The number of anilines is 1. The highest BCUT2D eigenvalue weighted by Gasteiger charge is 2.38. The molecule has 3 heterocycles. The van der Waals surface area contributed by atoms with E-state index in [9.17, 15) is 0 Å². The van der Waals surface area contributed by atoms with Crippen LogP contribution in [0.3, 0.4) is 0 Å². The van der Waals surface area contributed by atoms with Gasteiger partial charge in [0.2, 0.25) is 0 Å². The lowest BCUT2D eigenvalue weighted by Gasteiger charge is -2.34. The summed E-state index contributed by atoms with van der Waals surface area (Å²) < 4.78 is 0. The second kappa shape index (κ2) is 6.60. The Hall–Kier alpha value is -0.510. The van der Waals surface area contributed by atoms with Gasteiger partial charge in [-0.2, -0.15) is 0 Å². The monoisotopic (exact) mass is 289 g/mol. The molecule has 0 atom stereocenters. The number of aromatic nitrogens is 1. The van der Waals surface area contributed by atoms with Crippen LogP contribution in [0.2, 0.25) is 0 Å². The van der Waals surface area contributed by atoms with E-state index in [1.807, 2.05) is 12.4 Å². The molecule has 0 saturated carbocycles. The van der Waals surface area contributed by atoms with E-state index in [1.54, 1.807) is 0 Å². The first-order valence-corrected chi connectivity index (χ1v) is 6.24. The zero-order valence-electron chi connectivity index (χ0n) is 10.5. The second-order valence-electron chi connectivity index (χ2n) is 5.13. The molecule has 5 heteroatoms. The molecule has 102 valence electrons. The average Bonchev–Trinajstić information content (AvgIpc) is 2.75. The largest absolute Gasteiger partial charge is 0.371 e. The number of nitrogens with one attached hydrogen (secondary N) is 1. The van der Waals surface area contributed by atoms with Gasteiger partial charge in [0.1, 0.15) is 0 Å². The molecule has 2 saturated heterocycles. The summed E-state index contributed by atoms with van der Waals surface area (Å²) in [6, 6.07) is 4.25. The van der Waals surface area contributed by atoms with Crippen LogP contribution >= 0.6 is 24.8 Å². The number of pyridine rings is 1. The van der Waals surface area contributed by atoms with Gasteiger partial charge in [0.15, 0.2) is 0 Å². The number of nitrogens with zero attached hydrogens (tertiary/aromatic N) is 2. The van der Waals surface area contributed by atoms with Crippen molar-refractivity contribution < 1.29 is 0 Å². The van der Waals surface area contributed by atoms with E-state index in [0.29, 0.717) is 5.41 Å². The molecular weight excluding hydrogens is 269 g/mol. The fourth-order valence-electron chi connectivity index (χ4n) is 3.08. The summed E-state index contributed by atoms with van der Waals surface area (Å²) in [6.07, 6.45) is 7.83. The van der Waals surface area contributed by atoms with Crippen molar-refractivity contribution >= 4 is 30.5 Å². The summed E-state index contributed by atoms with van der Waals surface area (Å²) in [5.41, 5.74) is 1.93. The minimum atomic E-state index is 0. The molecule has 0 bridgehead atoms. The Morgan fingerprint density at radius 1 is 1.06 bits per heavy atom. The first-order valence-electron chi connectivity index (χ1n) is 6.24. The molecule has 0 aromatic carbocycles. The third-order valence-electron chi connectivity index (χ3n) is 4.13. The number of halogens is 2. The molecule has 0 aliphatic carbocycles. The summed E-state index contributed by atoms with van der Waals surface area (Å²) >= 11 is 0. The maximum Gasteiger partial charge on any atom is 0.0397 e. The normalized spacial score (nSPS) is 21.2. The van der Waals surface area contributed by atoms with Crippen molar-refractivity contribution in [1.29, 1.82) is 0 Å². The Balaban J connectivity index is 0.000000810. The van der Waals surface area contributed by atoms with Crippen LogP contribution in [-0.4, -0.2) is 31.2 Å². The van der Waals surface area contributed by atoms with Crippen molar-refractivity contribution in [2.24, 2.45) is 5.41 Å². The zero-order valence-corrected chi connectivity index (χ0v) is 12.1. The van der Waals surface area contributed by atoms with Crippen LogP contribution < -0.4 is 10.2 Å². The van der Waals surface area contributed by atoms with Crippen LogP contribution in [0.5, 0.6) is 0 Å². The lowest BCUT2D eigenvalue weighted by atomic mass is 9.78. The molecule has 18 heavy (non-hydrogen) atoms. The molecule has 1 aromatic heterocycles. The topological polar surface area (TPSA) is 28.2 Å². The molecule has 2 fully saturated rings. The van der Waals surface area contributed by atoms with E-state index >= 15 is 0 Å². The summed E-state index contributed by atoms with van der Waals surface area (Å²) in [6.45, 7) is 4.84.